The minimum absolute atomic E-state index is 0.209. The Balaban J connectivity index is 1.79. The van der Waals surface area contributed by atoms with Gasteiger partial charge in [0, 0.05) is 40.7 Å². The average Bonchev–Trinajstić information content (AvgIpc) is 2.70. The number of hydrogen-bond acceptors (Lipinski definition) is 5. The number of ether oxygens (including phenoxy) is 1. The second kappa shape index (κ2) is 7.02. The normalized spacial score (nSPS) is 16.8. The highest BCUT2D eigenvalue weighted by Crippen LogP contribution is 2.36. The molecule has 2 amide bonds. The third-order valence-corrected chi connectivity index (χ3v) is 5.26. The maximum atomic E-state index is 12.9. The molecule has 0 saturated carbocycles. The molecule has 140 valence electrons. The van der Waals surface area contributed by atoms with E-state index in [-0.39, 0.29) is 13.2 Å². The number of imide groups is 1. The first-order chi connectivity index (χ1) is 13.1. The van der Waals surface area contributed by atoms with Gasteiger partial charge >= 0.3 is 5.97 Å². The minimum Gasteiger partial charge on any atom is -0.465 e. The number of amides is 2. The molecule has 2 aromatic carbocycles. The first-order valence-electron chi connectivity index (χ1n) is 9.44. The van der Waals surface area contributed by atoms with Crippen molar-refractivity contribution in [3.05, 3.63) is 41.5 Å². The maximum absolute atomic E-state index is 12.9. The second-order valence-corrected chi connectivity index (χ2v) is 6.91. The molecule has 6 nitrogen and oxygen atoms in total. The van der Waals surface area contributed by atoms with Gasteiger partial charge in [0.25, 0.3) is 11.8 Å². The van der Waals surface area contributed by atoms with Gasteiger partial charge in [-0.2, -0.15) is 0 Å². The van der Waals surface area contributed by atoms with Crippen molar-refractivity contribution in [3.63, 3.8) is 0 Å². The van der Waals surface area contributed by atoms with Gasteiger partial charge in [0.15, 0.2) is 0 Å². The van der Waals surface area contributed by atoms with Crippen LogP contribution in [0, 0.1) is 0 Å². The lowest BCUT2D eigenvalue weighted by Gasteiger charge is -2.32. The molecule has 0 radical (unpaired) electrons. The summed E-state index contributed by atoms with van der Waals surface area (Å²) < 4.78 is 4.91. The van der Waals surface area contributed by atoms with E-state index in [1.165, 1.54) is 6.42 Å². The molecule has 0 unspecified atom stereocenters. The molecule has 2 aromatic rings. The number of anilines is 1. The van der Waals surface area contributed by atoms with Crippen molar-refractivity contribution in [1.82, 2.24) is 4.90 Å². The highest BCUT2D eigenvalue weighted by Gasteiger charge is 2.35. The van der Waals surface area contributed by atoms with Crippen molar-refractivity contribution in [3.8, 4) is 0 Å². The first-order valence-corrected chi connectivity index (χ1v) is 9.44. The van der Waals surface area contributed by atoms with Crippen LogP contribution in [0.5, 0.6) is 0 Å². The molecular formula is C21H22N2O4. The van der Waals surface area contributed by atoms with E-state index in [4.69, 9.17) is 4.74 Å². The van der Waals surface area contributed by atoms with Crippen molar-refractivity contribution < 1.29 is 19.1 Å². The smallest absolute Gasteiger partial charge is 0.326 e. The molecule has 0 bridgehead atoms. The monoisotopic (exact) mass is 366 g/mol. The fourth-order valence-electron chi connectivity index (χ4n) is 4.02. The topological polar surface area (TPSA) is 66.9 Å². The van der Waals surface area contributed by atoms with E-state index >= 15 is 0 Å². The Labute approximate surface area is 157 Å². The third kappa shape index (κ3) is 2.95. The van der Waals surface area contributed by atoms with Gasteiger partial charge in [-0.15, -0.1) is 0 Å². The fraction of sp³-hybridized carbons (Fsp3) is 0.381. The predicted molar refractivity (Wildman–Crippen MR) is 102 cm³/mol. The van der Waals surface area contributed by atoms with Crippen LogP contribution in [-0.2, 0) is 9.53 Å². The van der Waals surface area contributed by atoms with E-state index in [9.17, 15) is 14.4 Å². The van der Waals surface area contributed by atoms with Crippen molar-refractivity contribution in [2.45, 2.75) is 26.2 Å². The van der Waals surface area contributed by atoms with Gasteiger partial charge in [-0.25, -0.2) is 0 Å². The Kier molecular flexibility index (Phi) is 4.56. The molecule has 2 aliphatic rings. The van der Waals surface area contributed by atoms with Gasteiger partial charge in [0.1, 0.15) is 6.54 Å². The quantitative estimate of drug-likeness (QED) is 0.615. The molecule has 0 N–H and O–H groups in total. The lowest BCUT2D eigenvalue weighted by Crippen LogP contribution is -2.43. The van der Waals surface area contributed by atoms with Crippen LogP contribution in [-0.4, -0.2) is 48.9 Å². The summed E-state index contributed by atoms with van der Waals surface area (Å²) >= 11 is 0. The fourth-order valence-corrected chi connectivity index (χ4v) is 4.02. The zero-order valence-corrected chi connectivity index (χ0v) is 15.4. The number of hydrogen-bond donors (Lipinski definition) is 0. The van der Waals surface area contributed by atoms with Crippen molar-refractivity contribution in [1.29, 1.82) is 0 Å². The summed E-state index contributed by atoms with van der Waals surface area (Å²) in [5.41, 5.74) is 1.99. The molecule has 2 aliphatic heterocycles. The van der Waals surface area contributed by atoms with E-state index < -0.39 is 17.8 Å². The zero-order valence-electron chi connectivity index (χ0n) is 15.4. The van der Waals surface area contributed by atoms with E-state index in [0.29, 0.717) is 16.5 Å². The summed E-state index contributed by atoms with van der Waals surface area (Å²) in [6.07, 6.45) is 3.53. The van der Waals surface area contributed by atoms with Crippen molar-refractivity contribution in [2.75, 3.05) is 31.1 Å². The summed E-state index contributed by atoms with van der Waals surface area (Å²) in [5, 5.41) is 1.61. The Bertz CT molecular complexity index is 909. The Hall–Kier alpha value is -2.89. The third-order valence-electron chi connectivity index (χ3n) is 5.26. The average molecular weight is 366 g/mol. The van der Waals surface area contributed by atoms with Crippen LogP contribution in [0.4, 0.5) is 5.69 Å². The van der Waals surface area contributed by atoms with Crippen LogP contribution in [0.2, 0.25) is 0 Å². The first kappa shape index (κ1) is 17.5. The molecule has 0 atom stereocenters. The van der Waals surface area contributed by atoms with Crippen LogP contribution >= 0.6 is 0 Å². The molecule has 0 spiro atoms. The highest BCUT2D eigenvalue weighted by atomic mass is 16.5. The van der Waals surface area contributed by atoms with Crippen LogP contribution in [0.3, 0.4) is 0 Å². The minimum atomic E-state index is -0.584. The number of benzene rings is 2. The van der Waals surface area contributed by atoms with Crippen LogP contribution in [0.15, 0.2) is 30.3 Å². The van der Waals surface area contributed by atoms with Gasteiger partial charge in [-0.3, -0.25) is 19.3 Å². The van der Waals surface area contributed by atoms with Gasteiger partial charge in [0.05, 0.1) is 6.61 Å². The largest absolute Gasteiger partial charge is 0.465 e. The summed E-state index contributed by atoms with van der Waals surface area (Å²) in [7, 11) is 0. The summed E-state index contributed by atoms with van der Waals surface area (Å²) in [4.78, 5) is 41.0. The Morgan fingerprint density at radius 1 is 1.00 bits per heavy atom. The number of carbonyl (C=O) groups excluding carboxylic acids is 3. The molecule has 2 heterocycles. The number of piperidine rings is 1. The second-order valence-electron chi connectivity index (χ2n) is 6.91. The van der Waals surface area contributed by atoms with Crippen LogP contribution in [0.25, 0.3) is 10.8 Å². The van der Waals surface area contributed by atoms with Gasteiger partial charge < -0.3 is 9.64 Å². The predicted octanol–water partition coefficient (Wildman–Crippen LogP) is 2.99. The molecule has 0 aliphatic carbocycles. The molecule has 6 heteroatoms. The van der Waals surface area contributed by atoms with Crippen LogP contribution in [0.1, 0.15) is 46.9 Å². The van der Waals surface area contributed by atoms with E-state index in [0.717, 1.165) is 41.9 Å². The van der Waals surface area contributed by atoms with Gasteiger partial charge in [-0.1, -0.05) is 12.1 Å². The summed E-state index contributed by atoms with van der Waals surface area (Å²) in [6, 6.07) is 9.27. The lowest BCUT2D eigenvalue weighted by atomic mass is 9.92. The summed E-state index contributed by atoms with van der Waals surface area (Å²) in [5.74, 6) is -1.47. The number of carbonyl (C=O) groups is 3. The molecule has 4 rings (SSSR count). The Morgan fingerprint density at radius 2 is 1.70 bits per heavy atom. The standard InChI is InChI=1S/C21H22N2O4/c1-2-27-18(24)13-23-20(25)15-8-6-7-14-17(22-11-4-3-5-12-22)10-9-16(19(14)15)21(23)26/h6-10H,2-5,11-13H2,1H3. The van der Waals surface area contributed by atoms with E-state index in [2.05, 4.69) is 4.90 Å². The highest BCUT2D eigenvalue weighted by molar-refractivity contribution is 6.27. The number of nitrogens with zero attached hydrogens (tertiary/aromatic N) is 2. The molecular weight excluding hydrogens is 344 g/mol. The van der Waals surface area contributed by atoms with Crippen LogP contribution < -0.4 is 4.90 Å². The van der Waals surface area contributed by atoms with Gasteiger partial charge in [-0.05, 0) is 44.4 Å². The number of rotatable bonds is 4. The zero-order chi connectivity index (χ0) is 19.0. The molecule has 27 heavy (non-hydrogen) atoms. The number of esters is 1. The van der Waals surface area contributed by atoms with Crippen molar-refractivity contribution >= 4 is 34.2 Å². The maximum Gasteiger partial charge on any atom is 0.326 e. The SMILES string of the molecule is CCOC(=O)CN1C(=O)c2cccc3c(N4CCCCC4)ccc(c23)C1=O. The van der Waals surface area contributed by atoms with E-state index in [1.807, 2.05) is 18.2 Å². The lowest BCUT2D eigenvalue weighted by molar-refractivity contribution is -0.143. The Morgan fingerprint density at radius 3 is 2.41 bits per heavy atom. The molecule has 1 saturated heterocycles. The summed E-state index contributed by atoms with van der Waals surface area (Å²) in [6.45, 7) is 3.50. The molecule has 1 fully saturated rings. The van der Waals surface area contributed by atoms with Crippen molar-refractivity contribution in [2.24, 2.45) is 0 Å². The van der Waals surface area contributed by atoms with Gasteiger partial charge in [0.2, 0.25) is 0 Å². The van der Waals surface area contributed by atoms with E-state index in [1.54, 1.807) is 19.1 Å². The molecule has 0 aromatic heterocycles.